The van der Waals surface area contributed by atoms with E-state index in [1.165, 1.54) is 11.4 Å². The predicted octanol–water partition coefficient (Wildman–Crippen LogP) is 1.90. The van der Waals surface area contributed by atoms with E-state index < -0.39 is 0 Å². The van der Waals surface area contributed by atoms with E-state index in [1.54, 1.807) is 0 Å². The normalized spacial score (nSPS) is 20.0. The highest BCUT2D eigenvalue weighted by molar-refractivity contribution is 5.57. The van der Waals surface area contributed by atoms with Gasteiger partial charge in [0.1, 0.15) is 0 Å². The Morgan fingerprint density at radius 3 is 1.88 bits per heavy atom. The van der Waals surface area contributed by atoms with Gasteiger partial charge in [-0.2, -0.15) is 0 Å². The van der Waals surface area contributed by atoms with Crippen molar-refractivity contribution < 1.29 is 4.74 Å². The maximum absolute atomic E-state index is 5.37. The van der Waals surface area contributed by atoms with Gasteiger partial charge in [0, 0.05) is 37.6 Å². The summed E-state index contributed by atoms with van der Waals surface area (Å²) in [5, 5.41) is 0. The van der Waals surface area contributed by atoms with E-state index in [2.05, 4.69) is 46.2 Å². The Morgan fingerprint density at radius 2 is 1.29 bits per heavy atom. The van der Waals surface area contributed by atoms with Crippen molar-refractivity contribution in [3.63, 3.8) is 0 Å². The van der Waals surface area contributed by atoms with E-state index in [1.807, 2.05) is 0 Å². The fraction of sp³-hybridized carbons (Fsp3) is 0.429. The van der Waals surface area contributed by atoms with Crippen LogP contribution in [0.1, 0.15) is 0 Å². The first-order chi connectivity index (χ1) is 8.43. The molecule has 0 N–H and O–H groups in total. The summed E-state index contributed by atoms with van der Waals surface area (Å²) < 4.78 is 5.37. The molecule has 1 aromatic carbocycles. The van der Waals surface area contributed by atoms with Crippen LogP contribution in [-0.4, -0.2) is 39.4 Å². The van der Waals surface area contributed by atoms with E-state index in [4.69, 9.17) is 4.74 Å². The molecule has 0 aromatic heterocycles. The van der Waals surface area contributed by atoms with Gasteiger partial charge in [-0.25, -0.2) is 0 Å². The van der Waals surface area contributed by atoms with Crippen LogP contribution in [0, 0.1) is 0 Å². The van der Waals surface area contributed by atoms with Gasteiger partial charge in [-0.15, -0.1) is 0 Å². The summed E-state index contributed by atoms with van der Waals surface area (Å²) in [6, 6.07) is 8.88. The average Bonchev–Trinajstić information content (AvgIpc) is 2.94. The van der Waals surface area contributed by atoms with Gasteiger partial charge in [-0.05, 0) is 24.3 Å². The molecule has 0 radical (unpaired) electrons. The zero-order valence-corrected chi connectivity index (χ0v) is 10.0. The van der Waals surface area contributed by atoms with Crippen LogP contribution < -0.4 is 9.80 Å². The zero-order chi connectivity index (χ0) is 11.5. The Bertz CT molecular complexity index is 385. The standard InChI is InChI=1S/C14H18N2O/c1-2-8-15(7-1)13-3-5-14(6-4-13)16-9-11-17-12-10-16/h1-6H,7-12H2. The summed E-state index contributed by atoms with van der Waals surface area (Å²) in [6.45, 7) is 5.78. The minimum absolute atomic E-state index is 0.845. The third-order valence-electron chi connectivity index (χ3n) is 3.41. The van der Waals surface area contributed by atoms with Crippen molar-refractivity contribution in [2.45, 2.75) is 0 Å². The minimum Gasteiger partial charge on any atom is -0.378 e. The van der Waals surface area contributed by atoms with Crippen LogP contribution in [0.15, 0.2) is 36.4 Å². The molecule has 0 spiro atoms. The SMILES string of the molecule is C1=CCN(c2ccc(N3CCOCC3)cc2)C1. The van der Waals surface area contributed by atoms with E-state index in [0.717, 1.165) is 39.4 Å². The molecule has 0 aliphatic carbocycles. The van der Waals surface area contributed by atoms with Crippen molar-refractivity contribution in [2.75, 3.05) is 49.2 Å². The molecule has 0 saturated carbocycles. The van der Waals surface area contributed by atoms with Gasteiger partial charge in [0.25, 0.3) is 0 Å². The highest BCUT2D eigenvalue weighted by Gasteiger charge is 2.12. The third kappa shape index (κ3) is 2.29. The van der Waals surface area contributed by atoms with Crippen LogP contribution in [0.4, 0.5) is 11.4 Å². The smallest absolute Gasteiger partial charge is 0.0642 e. The Balaban J connectivity index is 1.70. The molecule has 0 unspecified atom stereocenters. The molecular weight excluding hydrogens is 212 g/mol. The molecule has 3 nitrogen and oxygen atoms in total. The van der Waals surface area contributed by atoms with Gasteiger partial charge in [0.2, 0.25) is 0 Å². The molecule has 1 aromatic rings. The van der Waals surface area contributed by atoms with Gasteiger partial charge in [0.15, 0.2) is 0 Å². The molecule has 2 heterocycles. The summed E-state index contributed by atoms with van der Waals surface area (Å²) in [5.74, 6) is 0. The van der Waals surface area contributed by atoms with Crippen molar-refractivity contribution in [1.82, 2.24) is 0 Å². The highest BCUT2D eigenvalue weighted by Crippen LogP contribution is 2.22. The summed E-state index contributed by atoms with van der Waals surface area (Å²) in [4.78, 5) is 4.75. The maximum Gasteiger partial charge on any atom is 0.0642 e. The lowest BCUT2D eigenvalue weighted by Crippen LogP contribution is -2.36. The monoisotopic (exact) mass is 230 g/mol. The number of benzene rings is 1. The van der Waals surface area contributed by atoms with E-state index >= 15 is 0 Å². The van der Waals surface area contributed by atoms with Crippen molar-refractivity contribution in [3.05, 3.63) is 36.4 Å². The van der Waals surface area contributed by atoms with Crippen molar-refractivity contribution in [2.24, 2.45) is 0 Å². The molecule has 1 saturated heterocycles. The molecule has 3 rings (SSSR count). The van der Waals surface area contributed by atoms with Crippen molar-refractivity contribution >= 4 is 11.4 Å². The van der Waals surface area contributed by atoms with Crippen LogP contribution in [0.2, 0.25) is 0 Å². The number of hydrogen-bond donors (Lipinski definition) is 0. The molecule has 0 amide bonds. The molecule has 0 bridgehead atoms. The van der Waals surface area contributed by atoms with Crippen LogP contribution in [0.25, 0.3) is 0 Å². The summed E-state index contributed by atoms with van der Waals surface area (Å²) in [6.07, 6.45) is 4.44. The summed E-state index contributed by atoms with van der Waals surface area (Å²) in [5.41, 5.74) is 2.62. The van der Waals surface area contributed by atoms with Gasteiger partial charge in [-0.1, -0.05) is 12.2 Å². The van der Waals surface area contributed by atoms with Gasteiger partial charge >= 0.3 is 0 Å². The average molecular weight is 230 g/mol. The Hall–Kier alpha value is -1.48. The second-order valence-corrected chi connectivity index (χ2v) is 4.49. The van der Waals surface area contributed by atoms with Crippen LogP contribution in [0.3, 0.4) is 0 Å². The third-order valence-corrected chi connectivity index (χ3v) is 3.41. The number of morpholine rings is 1. The molecule has 0 atom stereocenters. The van der Waals surface area contributed by atoms with Crippen LogP contribution in [-0.2, 0) is 4.74 Å². The van der Waals surface area contributed by atoms with E-state index in [-0.39, 0.29) is 0 Å². The fourth-order valence-electron chi connectivity index (χ4n) is 2.38. The first kappa shape index (κ1) is 10.7. The second kappa shape index (κ2) is 4.80. The second-order valence-electron chi connectivity index (χ2n) is 4.49. The largest absolute Gasteiger partial charge is 0.378 e. The first-order valence-corrected chi connectivity index (χ1v) is 6.26. The summed E-state index contributed by atoms with van der Waals surface area (Å²) in [7, 11) is 0. The Labute approximate surface area is 102 Å². The van der Waals surface area contributed by atoms with Crippen molar-refractivity contribution in [1.29, 1.82) is 0 Å². The molecule has 1 fully saturated rings. The molecule has 3 heteroatoms. The number of nitrogens with zero attached hydrogens (tertiary/aromatic N) is 2. The Morgan fingerprint density at radius 1 is 0.765 bits per heavy atom. The highest BCUT2D eigenvalue weighted by atomic mass is 16.5. The topological polar surface area (TPSA) is 15.7 Å². The number of anilines is 2. The Kier molecular flexibility index (Phi) is 3.01. The minimum atomic E-state index is 0.845. The summed E-state index contributed by atoms with van der Waals surface area (Å²) >= 11 is 0. The van der Waals surface area contributed by atoms with Gasteiger partial charge < -0.3 is 14.5 Å². The number of ether oxygens (including phenoxy) is 1. The fourth-order valence-corrected chi connectivity index (χ4v) is 2.38. The van der Waals surface area contributed by atoms with E-state index in [0.29, 0.717) is 0 Å². The van der Waals surface area contributed by atoms with Gasteiger partial charge in [0.05, 0.1) is 13.2 Å². The molecule has 2 aliphatic heterocycles. The van der Waals surface area contributed by atoms with Crippen molar-refractivity contribution in [3.8, 4) is 0 Å². The first-order valence-electron chi connectivity index (χ1n) is 6.26. The lowest BCUT2D eigenvalue weighted by Gasteiger charge is -2.29. The van der Waals surface area contributed by atoms with E-state index in [9.17, 15) is 0 Å². The van der Waals surface area contributed by atoms with Crippen LogP contribution in [0.5, 0.6) is 0 Å². The zero-order valence-electron chi connectivity index (χ0n) is 10.0. The molecular formula is C14H18N2O. The lowest BCUT2D eigenvalue weighted by atomic mass is 10.2. The number of hydrogen-bond acceptors (Lipinski definition) is 3. The number of rotatable bonds is 2. The molecule has 2 aliphatic rings. The maximum atomic E-state index is 5.37. The molecule has 17 heavy (non-hydrogen) atoms. The quantitative estimate of drug-likeness (QED) is 0.722. The molecule has 90 valence electrons. The predicted molar refractivity (Wildman–Crippen MR) is 70.8 cm³/mol. The van der Waals surface area contributed by atoms with Crippen LogP contribution >= 0.6 is 0 Å². The van der Waals surface area contributed by atoms with Gasteiger partial charge in [-0.3, -0.25) is 0 Å². The lowest BCUT2D eigenvalue weighted by molar-refractivity contribution is 0.122.